The van der Waals surface area contributed by atoms with Gasteiger partial charge in [0, 0.05) is 12.1 Å². The van der Waals surface area contributed by atoms with Crippen molar-refractivity contribution in [1.82, 2.24) is 5.32 Å². The third kappa shape index (κ3) is 4.12. The van der Waals surface area contributed by atoms with Crippen LogP contribution in [0, 0.1) is 11.8 Å². The average molecular weight is 378 g/mol. The summed E-state index contributed by atoms with van der Waals surface area (Å²) in [6.45, 7) is 1.07. The van der Waals surface area contributed by atoms with Gasteiger partial charge in [0.05, 0.1) is 29.4 Å². The largest absolute Gasteiger partial charge is 0.418 e. The summed E-state index contributed by atoms with van der Waals surface area (Å²) in [5.74, 6) is 6.20. The molecule has 7 heteroatoms. The summed E-state index contributed by atoms with van der Waals surface area (Å²) in [6, 6.07) is 13.0. The number of para-hydroxylation sites is 1. The Morgan fingerprint density at radius 1 is 1.12 bits per heavy atom. The van der Waals surface area contributed by atoms with E-state index >= 15 is 0 Å². The number of rotatable bonds is 2. The Morgan fingerprint density at radius 2 is 1.88 bits per heavy atom. The summed E-state index contributed by atoms with van der Waals surface area (Å²) in [5.41, 5.74) is -0.177. The molecule has 0 spiro atoms. The molecule has 0 aliphatic carbocycles. The number of aliphatic imine (C=N–C) groups is 1. The topological polar surface area (TPSA) is 27.6 Å². The van der Waals surface area contributed by atoms with Gasteiger partial charge in [0.1, 0.15) is 0 Å². The Balaban J connectivity index is 2.00. The quantitative estimate of drug-likeness (QED) is 0.795. The van der Waals surface area contributed by atoms with Crippen LogP contribution in [0.5, 0.6) is 0 Å². The van der Waals surface area contributed by atoms with E-state index in [4.69, 9.17) is 11.6 Å². The Hall–Kier alpha value is -2.65. The van der Waals surface area contributed by atoms with Gasteiger partial charge in [0.15, 0.2) is 5.96 Å². The molecule has 1 aliphatic heterocycles. The molecule has 3 rings (SSSR count). The maximum Gasteiger partial charge on any atom is 0.418 e. The van der Waals surface area contributed by atoms with Crippen LogP contribution in [0.15, 0.2) is 53.5 Å². The van der Waals surface area contributed by atoms with E-state index in [1.807, 2.05) is 30.3 Å². The summed E-state index contributed by atoms with van der Waals surface area (Å²) in [5, 5.41) is 2.99. The normalized spacial score (nSPS) is 13.5. The molecule has 0 unspecified atom stereocenters. The molecule has 0 atom stereocenters. The van der Waals surface area contributed by atoms with Crippen LogP contribution in [0.3, 0.4) is 0 Å². The van der Waals surface area contributed by atoms with Gasteiger partial charge < -0.3 is 5.32 Å². The number of nitrogens with one attached hydrogen (secondary N) is 1. The van der Waals surface area contributed by atoms with Crippen LogP contribution >= 0.6 is 11.6 Å². The minimum absolute atomic E-state index is 0.00210. The number of guanidine groups is 1. The highest BCUT2D eigenvalue weighted by molar-refractivity contribution is 6.34. The number of halogens is 4. The Kier molecular flexibility index (Phi) is 5.38. The number of hydrogen-bond acceptors (Lipinski definition) is 3. The summed E-state index contributed by atoms with van der Waals surface area (Å²) in [7, 11) is 0. The molecule has 26 heavy (non-hydrogen) atoms. The van der Waals surface area contributed by atoms with Gasteiger partial charge in [-0.25, -0.2) is 0 Å². The van der Waals surface area contributed by atoms with E-state index < -0.39 is 11.7 Å². The number of benzene rings is 2. The zero-order valence-electron chi connectivity index (χ0n) is 13.6. The number of hydrogen-bond donors (Lipinski definition) is 1. The van der Waals surface area contributed by atoms with E-state index in [-0.39, 0.29) is 17.3 Å². The van der Waals surface area contributed by atoms with Crippen LogP contribution in [0.2, 0.25) is 5.02 Å². The highest BCUT2D eigenvalue weighted by Crippen LogP contribution is 2.40. The van der Waals surface area contributed by atoms with Crippen LogP contribution in [-0.4, -0.2) is 25.6 Å². The predicted octanol–water partition coefficient (Wildman–Crippen LogP) is 4.18. The molecule has 134 valence electrons. The molecule has 1 N–H and O–H groups in total. The van der Waals surface area contributed by atoms with Gasteiger partial charge in [-0.05, 0) is 24.3 Å². The first-order valence-electron chi connectivity index (χ1n) is 7.92. The van der Waals surface area contributed by atoms with Gasteiger partial charge in [-0.2, -0.15) is 13.2 Å². The Morgan fingerprint density at radius 3 is 2.54 bits per heavy atom. The molecule has 0 bridgehead atoms. The maximum atomic E-state index is 13.5. The molecular formula is C19H15ClF3N3. The highest BCUT2D eigenvalue weighted by Gasteiger charge is 2.37. The van der Waals surface area contributed by atoms with Gasteiger partial charge in [-0.3, -0.25) is 9.89 Å². The van der Waals surface area contributed by atoms with Crippen LogP contribution in [-0.2, 0) is 6.18 Å². The third-order valence-electron chi connectivity index (χ3n) is 3.72. The van der Waals surface area contributed by atoms with E-state index in [0.29, 0.717) is 19.0 Å². The molecule has 0 aromatic heterocycles. The summed E-state index contributed by atoms with van der Waals surface area (Å²) in [6.07, 6.45) is -4.54. The minimum Gasteiger partial charge on any atom is -0.354 e. The standard InChI is InChI=1S/C19H15ClF3N3/c20-16-10-4-9-15(19(21,22)23)17(16)26(18-24-11-12-25-18)13-5-8-14-6-2-1-3-7-14/h1-4,6-7,9-10H,11-13H2,(H,24,25). The first-order chi connectivity index (χ1) is 12.5. The Bertz CT molecular complexity index is 867. The lowest BCUT2D eigenvalue weighted by Gasteiger charge is -2.26. The second-order valence-electron chi connectivity index (χ2n) is 5.52. The monoisotopic (exact) mass is 377 g/mol. The maximum absolute atomic E-state index is 13.5. The lowest BCUT2D eigenvalue weighted by Crippen LogP contribution is -2.40. The number of nitrogens with zero attached hydrogens (tertiary/aromatic N) is 2. The van der Waals surface area contributed by atoms with E-state index in [1.54, 1.807) is 0 Å². The molecule has 0 fully saturated rings. The average Bonchev–Trinajstić information content (AvgIpc) is 3.13. The lowest BCUT2D eigenvalue weighted by atomic mass is 10.1. The fourth-order valence-electron chi connectivity index (χ4n) is 2.59. The molecule has 0 saturated heterocycles. The van der Waals surface area contributed by atoms with Crippen molar-refractivity contribution in [2.75, 3.05) is 24.5 Å². The van der Waals surface area contributed by atoms with Crippen molar-refractivity contribution in [3.05, 3.63) is 64.7 Å². The fraction of sp³-hybridized carbons (Fsp3) is 0.211. The third-order valence-corrected chi connectivity index (χ3v) is 4.02. The molecule has 0 radical (unpaired) electrons. The minimum atomic E-state index is -4.54. The van der Waals surface area contributed by atoms with Crippen LogP contribution in [0.1, 0.15) is 11.1 Å². The summed E-state index contributed by atoms with van der Waals surface area (Å²) in [4.78, 5) is 5.62. The van der Waals surface area contributed by atoms with E-state index in [9.17, 15) is 13.2 Å². The van der Waals surface area contributed by atoms with Gasteiger partial charge in [0.2, 0.25) is 0 Å². The molecule has 2 aromatic carbocycles. The van der Waals surface area contributed by atoms with Crippen LogP contribution in [0.25, 0.3) is 0 Å². The van der Waals surface area contributed by atoms with Crippen molar-refractivity contribution in [3.63, 3.8) is 0 Å². The Labute approximate surface area is 154 Å². The van der Waals surface area contributed by atoms with Crippen molar-refractivity contribution in [3.8, 4) is 11.8 Å². The summed E-state index contributed by atoms with van der Waals surface area (Å²) < 4.78 is 40.4. The van der Waals surface area contributed by atoms with E-state index in [0.717, 1.165) is 11.6 Å². The first-order valence-corrected chi connectivity index (χ1v) is 8.30. The predicted molar refractivity (Wildman–Crippen MR) is 97.4 cm³/mol. The number of anilines is 1. The van der Waals surface area contributed by atoms with Gasteiger partial charge in [0.25, 0.3) is 0 Å². The van der Waals surface area contributed by atoms with Crippen molar-refractivity contribution >= 4 is 23.2 Å². The van der Waals surface area contributed by atoms with Crippen molar-refractivity contribution in [2.24, 2.45) is 4.99 Å². The molecule has 0 saturated carbocycles. The summed E-state index contributed by atoms with van der Waals surface area (Å²) >= 11 is 6.13. The van der Waals surface area contributed by atoms with Crippen molar-refractivity contribution in [1.29, 1.82) is 0 Å². The SMILES string of the molecule is FC(F)(F)c1cccc(Cl)c1N(CC#Cc1ccccc1)C1=NCCN1. The first kappa shape index (κ1) is 18.2. The van der Waals surface area contributed by atoms with Gasteiger partial charge >= 0.3 is 6.18 Å². The van der Waals surface area contributed by atoms with Crippen molar-refractivity contribution < 1.29 is 13.2 Å². The van der Waals surface area contributed by atoms with Gasteiger partial charge in [-0.15, -0.1) is 0 Å². The highest BCUT2D eigenvalue weighted by atomic mass is 35.5. The molecule has 2 aromatic rings. The van der Waals surface area contributed by atoms with Crippen molar-refractivity contribution in [2.45, 2.75) is 6.18 Å². The molecule has 1 aliphatic rings. The second-order valence-corrected chi connectivity index (χ2v) is 5.93. The lowest BCUT2D eigenvalue weighted by molar-refractivity contribution is -0.137. The molecule has 1 heterocycles. The number of alkyl halides is 3. The smallest absolute Gasteiger partial charge is 0.354 e. The van der Waals surface area contributed by atoms with Crippen LogP contribution < -0.4 is 10.2 Å². The zero-order chi connectivity index (χ0) is 18.6. The second kappa shape index (κ2) is 7.71. The van der Waals surface area contributed by atoms with E-state index in [1.165, 1.54) is 17.0 Å². The van der Waals surface area contributed by atoms with E-state index in [2.05, 4.69) is 22.2 Å². The molecule has 0 amide bonds. The molecular weight excluding hydrogens is 363 g/mol. The fourth-order valence-corrected chi connectivity index (χ4v) is 2.86. The van der Waals surface area contributed by atoms with Crippen LogP contribution in [0.4, 0.5) is 18.9 Å². The molecule has 3 nitrogen and oxygen atoms in total. The van der Waals surface area contributed by atoms with Gasteiger partial charge in [-0.1, -0.05) is 47.7 Å². The zero-order valence-corrected chi connectivity index (χ0v) is 14.4.